The molecule has 0 unspecified atom stereocenters. The summed E-state index contributed by atoms with van der Waals surface area (Å²) in [5, 5.41) is 3.18. The van der Waals surface area contributed by atoms with Crippen LogP contribution in [0.3, 0.4) is 0 Å². The molecule has 2 aliphatic heterocycles. The Morgan fingerprint density at radius 1 is 0.674 bits per heavy atom. The Kier molecular flexibility index (Phi) is 11.3. The molecule has 0 aliphatic carbocycles. The molecule has 2 aliphatic rings. The molecule has 0 aromatic heterocycles. The van der Waals surface area contributed by atoms with E-state index in [4.69, 9.17) is 18.9 Å². The van der Waals surface area contributed by atoms with Crippen LogP contribution in [0.5, 0.6) is 23.0 Å². The van der Waals surface area contributed by atoms with E-state index in [1.807, 2.05) is 0 Å². The molecule has 43 heavy (non-hydrogen) atoms. The van der Waals surface area contributed by atoms with E-state index in [0.29, 0.717) is 67.6 Å². The molecule has 228 valence electrons. The lowest BCUT2D eigenvalue weighted by Crippen LogP contribution is -2.47. The van der Waals surface area contributed by atoms with Gasteiger partial charge in [0, 0.05) is 39.3 Å². The number of benzene rings is 2. The van der Waals surface area contributed by atoms with Crippen LogP contribution in [0.2, 0.25) is 0 Å². The topological polar surface area (TPSA) is 124 Å². The highest BCUT2D eigenvalue weighted by Gasteiger charge is 2.21. The standard InChI is InChI=1S/C32H37N3O8/c1-40-29-20-23(8-12-27(29)42-31(38)34-16-4-3-5-17-34)6-10-25(36)22-26(37)11-7-24-9-13-28(30(21-24)41-2)43-32(39)35-18-14-33-15-19-35/h6-13,20-21,33H,3-5,14-19,22H2,1-2H3/b10-6+,11-7+. The number of methoxy groups -OCH3 is 2. The summed E-state index contributed by atoms with van der Waals surface area (Å²) in [6.45, 7) is 3.90. The van der Waals surface area contributed by atoms with Crippen LogP contribution in [0.4, 0.5) is 9.59 Å². The highest BCUT2D eigenvalue weighted by Crippen LogP contribution is 2.30. The van der Waals surface area contributed by atoms with Crippen molar-refractivity contribution >= 4 is 35.9 Å². The third-order valence-electron chi connectivity index (χ3n) is 7.03. The number of carbonyl (C=O) groups is 4. The quantitative estimate of drug-likeness (QED) is 0.317. The van der Waals surface area contributed by atoms with Gasteiger partial charge in [-0.05, 0) is 66.8 Å². The molecule has 2 aromatic rings. The second-order valence-electron chi connectivity index (χ2n) is 10.1. The van der Waals surface area contributed by atoms with Crippen LogP contribution in [0.15, 0.2) is 48.6 Å². The maximum atomic E-state index is 12.4. The zero-order valence-electron chi connectivity index (χ0n) is 24.5. The Morgan fingerprint density at radius 2 is 1.14 bits per heavy atom. The first kappa shape index (κ1) is 31.3. The lowest BCUT2D eigenvalue weighted by molar-refractivity contribution is -0.121. The molecular weight excluding hydrogens is 554 g/mol. The summed E-state index contributed by atoms with van der Waals surface area (Å²) in [5.74, 6) is 0.532. The van der Waals surface area contributed by atoms with Crippen molar-refractivity contribution in [3.8, 4) is 23.0 Å². The van der Waals surface area contributed by atoms with Gasteiger partial charge in [-0.2, -0.15) is 0 Å². The van der Waals surface area contributed by atoms with Gasteiger partial charge < -0.3 is 34.1 Å². The number of rotatable bonds is 10. The fourth-order valence-corrected chi connectivity index (χ4v) is 4.65. The van der Waals surface area contributed by atoms with Crippen molar-refractivity contribution in [2.45, 2.75) is 25.7 Å². The van der Waals surface area contributed by atoms with E-state index in [1.165, 1.54) is 26.4 Å². The van der Waals surface area contributed by atoms with Gasteiger partial charge in [-0.1, -0.05) is 24.3 Å². The van der Waals surface area contributed by atoms with Crippen molar-refractivity contribution in [2.75, 3.05) is 53.5 Å². The molecule has 0 saturated carbocycles. The van der Waals surface area contributed by atoms with Crippen LogP contribution >= 0.6 is 0 Å². The summed E-state index contributed by atoms with van der Waals surface area (Å²) >= 11 is 0. The first-order valence-electron chi connectivity index (χ1n) is 14.3. The average Bonchev–Trinajstić information content (AvgIpc) is 3.04. The van der Waals surface area contributed by atoms with E-state index in [0.717, 1.165) is 19.3 Å². The zero-order valence-corrected chi connectivity index (χ0v) is 24.5. The number of piperidine rings is 1. The molecule has 11 heteroatoms. The second kappa shape index (κ2) is 15.5. The van der Waals surface area contributed by atoms with Gasteiger partial charge in [0.2, 0.25) is 0 Å². The van der Waals surface area contributed by atoms with Crippen LogP contribution < -0.4 is 24.3 Å². The van der Waals surface area contributed by atoms with Gasteiger partial charge in [-0.25, -0.2) is 9.59 Å². The highest BCUT2D eigenvalue weighted by molar-refractivity contribution is 6.10. The number of allylic oxidation sites excluding steroid dienone is 2. The summed E-state index contributed by atoms with van der Waals surface area (Å²) in [6, 6.07) is 9.91. The molecule has 11 nitrogen and oxygen atoms in total. The molecule has 2 aromatic carbocycles. The summed E-state index contributed by atoms with van der Waals surface area (Å²) < 4.78 is 21.8. The Hall–Kier alpha value is -4.64. The molecule has 0 atom stereocenters. The first-order chi connectivity index (χ1) is 20.9. The molecule has 4 rings (SSSR count). The molecule has 0 bridgehead atoms. The molecule has 0 spiro atoms. The average molecular weight is 592 g/mol. The second-order valence-corrected chi connectivity index (χ2v) is 10.1. The molecule has 2 amide bonds. The number of nitrogens with one attached hydrogen (secondary N) is 1. The van der Waals surface area contributed by atoms with Gasteiger partial charge in [-0.15, -0.1) is 0 Å². The number of amides is 2. The number of nitrogens with zero attached hydrogens (tertiary/aromatic N) is 2. The van der Waals surface area contributed by atoms with E-state index in [1.54, 1.807) is 58.4 Å². The van der Waals surface area contributed by atoms with Gasteiger partial charge in [0.1, 0.15) is 0 Å². The number of ether oxygens (including phenoxy) is 4. The van der Waals surface area contributed by atoms with Crippen molar-refractivity contribution in [2.24, 2.45) is 0 Å². The fourth-order valence-electron chi connectivity index (χ4n) is 4.65. The van der Waals surface area contributed by atoms with Gasteiger partial charge in [0.25, 0.3) is 0 Å². The number of likely N-dealkylation sites (tertiary alicyclic amines) is 1. The van der Waals surface area contributed by atoms with E-state index in [9.17, 15) is 19.2 Å². The van der Waals surface area contributed by atoms with Crippen LogP contribution in [-0.2, 0) is 9.59 Å². The fraction of sp³-hybridized carbons (Fsp3) is 0.375. The predicted octanol–water partition coefficient (Wildman–Crippen LogP) is 4.35. The van der Waals surface area contributed by atoms with Crippen LogP contribution in [0, 0.1) is 0 Å². The SMILES string of the molecule is COc1cc(/C=C/C(=O)CC(=O)/C=C/c2ccc(OC(=O)N3CCNCC3)c(OC)c2)ccc1OC(=O)N1CCCCC1. The Morgan fingerprint density at radius 3 is 1.60 bits per heavy atom. The maximum absolute atomic E-state index is 12.4. The third kappa shape index (κ3) is 9.17. The van der Waals surface area contributed by atoms with Gasteiger partial charge in [0.15, 0.2) is 34.6 Å². The minimum atomic E-state index is -0.449. The molecule has 2 fully saturated rings. The lowest BCUT2D eigenvalue weighted by atomic mass is 10.1. The summed E-state index contributed by atoms with van der Waals surface area (Å²) in [4.78, 5) is 53.0. The lowest BCUT2D eigenvalue weighted by Gasteiger charge is -2.26. The van der Waals surface area contributed by atoms with Crippen molar-refractivity contribution in [1.82, 2.24) is 15.1 Å². The van der Waals surface area contributed by atoms with Gasteiger partial charge in [0.05, 0.1) is 20.6 Å². The summed E-state index contributed by atoms with van der Waals surface area (Å²) in [7, 11) is 2.94. The molecular formula is C32H37N3O8. The molecule has 0 radical (unpaired) electrons. The Balaban J connectivity index is 1.29. The van der Waals surface area contributed by atoms with Crippen LogP contribution in [-0.4, -0.2) is 87.0 Å². The largest absolute Gasteiger partial charge is 0.493 e. The van der Waals surface area contributed by atoms with Gasteiger partial charge in [-0.3, -0.25) is 9.59 Å². The normalized spacial score (nSPS) is 15.4. The Labute approximate surface area is 251 Å². The third-order valence-corrected chi connectivity index (χ3v) is 7.03. The van der Waals surface area contributed by atoms with Crippen molar-refractivity contribution < 1.29 is 38.1 Å². The van der Waals surface area contributed by atoms with E-state index in [-0.39, 0.29) is 23.7 Å². The predicted molar refractivity (Wildman–Crippen MR) is 161 cm³/mol. The first-order valence-corrected chi connectivity index (χ1v) is 14.3. The molecule has 2 saturated heterocycles. The summed E-state index contributed by atoms with van der Waals surface area (Å²) in [5.41, 5.74) is 1.29. The van der Waals surface area contributed by atoms with E-state index >= 15 is 0 Å². The van der Waals surface area contributed by atoms with Crippen molar-refractivity contribution in [3.63, 3.8) is 0 Å². The number of carbonyl (C=O) groups excluding carboxylic acids is 4. The maximum Gasteiger partial charge on any atom is 0.415 e. The zero-order chi connectivity index (χ0) is 30.6. The minimum Gasteiger partial charge on any atom is -0.493 e. The monoisotopic (exact) mass is 591 g/mol. The Bertz CT molecular complexity index is 1270. The van der Waals surface area contributed by atoms with E-state index < -0.39 is 12.2 Å². The number of hydrogen-bond donors (Lipinski definition) is 1. The van der Waals surface area contributed by atoms with Crippen LogP contribution in [0.1, 0.15) is 36.8 Å². The summed E-state index contributed by atoms with van der Waals surface area (Å²) in [6.07, 6.45) is 7.64. The number of ketones is 2. The minimum absolute atomic E-state index is 0.277. The number of piperazine rings is 1. The van der Waals surface area contributed by atoms with Crippen LogP contribution in [0.25, 0.3) is 12.2 Å². The van der Waals surface area contributed by atoms with Crippen molar-refractivity contribution in [1.29, 1.82) is 0 Å². The van der Waals surface area contributed by atoms with Gasteiger partial charge >= 0.3 is 12.2 Å². The molecule has 2 heterocycles. The van der Waals surface area contributed by atoms with Crippen molar-refractivity contribution in [3.05, 3.63) is 59.7 Å². The highest BCUT2D eigenvalue weighted by atomic mass is 16.6. The number of hydrogen-bond acceptors (Lipinski definition) is 9. The molecule has 1 N–H and O–H groups in total. The van der Waals surface area contributed by atoms with E-state index in [2.05, 4.69) is 5.32 Å². The smallest absolute Gasteiger partial charge is 0.415 e.